The Kier molecular flexibility index (Phi) is 5.73. The molecule has 0 aliphatic heterocycles. The van der Waals surface area contributed by atoms with E-state index in [0.29, 0.717) is 13.0 Å². The first-order valence-corrected chi connectivity index (χ1v) is 7.82. The summed E-state index contributed by atoms with van der Waals surface area (Å²) in [6.07, 6.45) is 2.05. The molecule has 0 saturated carbocycles. The quantitative estimate of drug-likeness (QED) is 0.728. The highest BCUT2D eigenvalue weighted by molar-refractivity contribution is 7.89. The van der Waals surface area contributed by atoms with E-state index < -0.39 is 10.0 Å². The first kappa shape index (κ1) is 16.7. The lowest BCUT2D eigenvalue weighted by atomic mass is 10.4. The molecule has 114 valence electrons. The van der Waals surface area contributed by atoms with E-state index in [2.05, 4.69) is 5.32 Å². The SMILES string of the molecule is CCCN(CCO)S(=O)(=O)c1cc(C(=O)NC)n(C)c1. The van der Waals surface area contributed by atoms with Gasteiger partial charge in [0.1, 0.15) is 10.6 Å². The largest absolute Gasteiger partial charge is 0.395 e. The van der Waals surface area contributed by atoms with Gasteiger partial charge < -0.3 is 15.0 Å². The maximum atomic E-state index is 12.5. The highest BCUT2D eigenvalue weighted by Gasteiger charge is 2.26. The molecule has 0 saturated heterocycles. The zero-order valence-electron chi connectivity index (χ0n) is 12.0. The first-order valence-electron chi connectivity index (χ1n) is 6.37. The summed E-state index contributed by atoms with van der Waals surface area (Å²) in [5.74, 6) is -0.349. The summed E-state index contributed by atoms with van der Waals surface area (Å²) in [5.41, 5.74) is 0.270. The number of carbonyl (C=O) groups is 1. The number of hydrogen-bond donors (Lipinski definition) is 2. The maximum Gasteiger partial charge on any atom is 0.267 e. The van der Waals surface area contributed by atoms with Crippen molar-refractivity contribution < 1.29 is 18.3 Å². The summed E-state index contributed by atoms with van der Waals surface area (Å²) in [5, 5.41) is 11.4. The van der Waals surface area contributed by atoms with Crippen LogP contribution < -0.4 is 5.32 Å². The van der Waals surface area contributed by atoms with E-state index in [9.17, 15) is 13.2 Å². The summed E-state index contributed by atoms with van der Waals surface area (Å²) in [7, 11) is -0.601. The molecule has 0 unspecified atom stereocenters. The molecule has 7 nitrogen and oxygen atoms in total. The average molecular weight is 303 g/mol. The number of amides is 1. The van der Waals surface area contributed by atoms with Crippen molar-refractivity contribution in [1.29, 1.82) is 0 Å². The standard InChI is InChI=1S/C12H21N3O4S/c1-4-5-15(6-7-16)20(18,19)10-8-11(12(17)13-2)14(3)9-10/h8-9,16H,4-7H2,1-3H3,(H,13,17). The molecule has 0 spiro atoms. The van der Waals surface area contributed by atoms with E-state index in [1.54, 1.807) is 7.05 Å². The lowest BCUT2D eigenvalue weighted by Gasteiger charge is -2.19. The van der Waals surface area contributed by atoms with E-state index in [-0.39, 0.29) is 29.6 Å². The van der Waals surface area contributed by atoms with Crippen molar-refractivity contribution in [3.63, 3.8) is 0 Å². The molecule has 1 aromatic heterocycles. The van der Waals surface area contributed by atoms with Gasteiger partial charge in [-0.25, -0.2) is 8.42 Å². The third-order valence-corrected chi connectivity index (χ3v) is 4.76. The predicted molar refractivity (Wildman–Crippen MR) is 74.9 cm³/mol. The van der Waals surface area contributed by atoms with Gasteiger partial charge in [-0.05, 0) is 12.5 Å². The summed E-state index contributed by atoms with van der Waals surface area (Å²) < 4.78 is 27.6. The molecule has 1 aromatic rings. The van der Waals surface area contributed by atoms with E-state index in [0.717, 1.165) is 0 Å². The lowest BCUT2D eigenvalue weighted by molar-refractivity contribution is 0.0955. The molecule has 1 amide bonds. The third kappa shape index (κ3) is 3.38. The van der Waals surface area contributed by atoms with E-state index >= 15 is 0 Å². The number of nitrogens with zero attached hydrogens (tertiary/aromatic N) is 2. The topological polar surface area (TPSA) is 91.6 Å². The van der Waals surface area contributed by atoms with Crippen molar-refractivity contribution >= 4 is 15.9 Å². The van der Waals surface area contributed by atoms with Crippen molar-refractivity contribution in [2.75, 3.05) is 26.7 Å². The third-order valence-electron chi connectivity index (χ3n) is 2.90. The Morgan fingerprint density at radius 1 is 1.45 bits per heavy atom. The van der Waals surface area contributed by atoms with E-state index in [1.807, 2.05) is 6.92 Å². The second-order valence-electron chi connectivity index (χ2n) is 4.38. The van der Waals surface area contributed by atoms with Crippen LogP contribution in [0.1, 0.15) is 23.8 Å². The molecule has 0 fully saturated rings. The maximum absolute atomic E-state index is 12.5. The second kappa shape index (κ2) is 6.87. The monoisotopic (exact) mass is 303 g/mol. The van der Waals surface area contributed by atoms with Crippen molar-refractivity contribution in [3.05, 3.63) is 18.0 Å². The van der Waals surface area contributed by atoms with Crippen LogP contribution in [-0.4, -0.2) is 55.0 Å². The van der Waals surface area contributed by atoms with Gasteiger partial charge in [-0.2, -0.15) is 4.31 Å². The summed E-state index contributed by atoms with van der Waals surface area (Å²) in [6.45, 7) is 1.99. The van der Waals surface area contributed by atoms with Crippen LogP contribution in [0.4, 0.5) is 0 Å². The minimum Gasteiger partial charge on any atom is -0.395 e. The highest BCUT2D eigenvalue weighted by Crippen LogP contribution is 2.18. The Labute approximate surface area is 119 Å². The van der Waals surface area contributed by atoms with Crippen LogP contribution in [0.2, 0.25) is 0 Å². The van der Waals surface area contributed by atoms with Gasteiger partial charge >= 0.3 is 0 Å². The Morgan fingerprint density at radius 3 is 2.60 bits per heavy atom. The summed E-state index contributed by atoms with van der Waals surface area (Å²) in [6, 6.07) is 1.34. The Balaban J connectivity index is 3.17. The summed E-state index contributed by atoms with van der Waals surface area (Å²) >= 11 is 0. The normalized spacial score (nSPS) is 11.8. The van der Waals surface area contributed by atoms with E-state index in [1.165, 1.54) is 28.2 Å². The van der Waals surface area contributed by atoms with Gasteiger partial charge in [0.25, 0.3) is 5.91 Å². The van der Waals surface area contributed by atoms with Gasteiger partial charge in [-0.3, -0.25) is 4.79 Å². The number of aryl methyl sites for hydroxylation is 1. The predicted octanol–water partition coefficient (Wildman–Crippen LogP) is -0.222. The molecule has 1 rings (SSSR count). The molecule has 20 heavy (non-hydrogen) atoms. The molecule has 2 N–H and O–H groups in total. The van der Waals surface area contributed by atoms with Crippen molar-refractivity contribution in [1.82, 2.24) is 14.2 Å². The molecule has 0 aliphatic carbocycles. The fourth-order valence-electron chi connectivity index (χ4n) is 1.89. The number of carbonyl (C=O) groups excluding carboxylic acids is 1. The number of hydrogen-bond acceptors (Lipinski definition) is 4. The lowest BCUT2D eigenvalue weighted by Crippen LogP contribution is -2.34. The van der Waals surface area contributed by atoms with Gasteiger partial charge in [-0.1, -0.05) is 6.92 Å². The molecule has 0 bridgehead atoms. The Bertz CT molecular complexity index is 559. The Morgan fingerprint density at radius 2 is 2.10 bits per heavy atom. The van der Waals surface area contributed by atoms with Gasteiger partial charge in [0, 0.05) is 33.4 Å². The molecular weight excluding hydrogens is 282 g/mol. The molecule has 0 aromatic carbocycles. The van der Waals surface area contributed by atoms with Crippen LogP contribution in [0.15, 0.2) is 17.2 Å². The van der Waals surface area contributed by atoms with Gasteiger partial charge in [-0.15, -0.1) is 0 Å². The second-order valence-corrected chi connectivity index (χ2v) is 6.32. The molecule has 1 heterocycles. The molecule has 0 aliphatic rings. The van der Waals surface area contributed by atoms with Gasteiger partial charge in [0.2, 0.25) is 10.0 Å². The number of aromatic nitrogens is 1. The zero-order chi connectivity index (χ0) is 15.3. The Hall–Kier alpha value is -1.38. The molecule has 8 heteroatoms. The fraction of sp³-hybridized carbons (Fsp3) is 0.583. The van der Waals surface area contributed by atoms with Crippen LogP contribution in [-0.2, 0) is 17.1 Å². The minimum absolute atomic E-state index is 0.0420. The fourth-order valence-corrected chi connectivity index (χ4v) is 3.49. The van der Waals surface area contributed by atoms with Crippen LogP contribution in [0.5, 0.6) is 0 Å². The average Bonchev–Trinajstić information content (AvgIpc) is 2.80. The van der Waals surface area contributed by atoms with Crippen molar-refractivity contribution in [3.8, 4) is 0 Å². The molecule has 0 radical (unpaired) electrons. The van der Waals surface area contributed by atoms with Crippen LogP contribution >= 0.6 is 0 Å². The zero-order valence-corrected chi connectivity index (χ0v) is 12.8. The van der Waals surface area contributed by atoms with Crippen molar-refractivity contribution in [2.45, 2.75) is 18.2 Å². The minimum atomic E-state index is -3.70. The van der Waals surface area contributed by atoms with Gasteiger partial charge in [0.15, 0.2) is 0 Å². The van der Waals surface area contributed by atoms with Crippen molar-refractivity contribution in [2.24, 2.45) is 7.05 Å². The van der Waals surface area contributed by atoms with Crippen LogP contribution in [0.25, 0.3) is 0 Å². The number of nitrogens with one attached hydrogen (secondary N) is 1. The van der Waals surface area contributed by atoms with Gasteiger partial charge in [0.05, 0.1) is 6.61 Å². The first-order chi connectivity index (χ1) is 9.38. The van der Waals surface area contributed by atoms with E-state index in [4.69, 9.17) is 5.11 Å². The highest BCUT2D eigenvalue weighted by atomic mass is 32.2. The van der Waals surface area contributed by atoms with Crippen LogP contribution in [0.3, 0.4) is 0 Å². The number of aliphatic hydroxyl groups is 1. The summed E-state index contributed by atoms with van der Waals surface area (Å²) in [4.78, 5) is 11.7. The molecular formula is C12H21N3O4S. The smallest absolute Gasteiger partial charge is 0.267 e. The number of aliphatic hydroxyl groups excluding tert-OH is 1. The van der Waals surface area contributed by atoms with Crippen LogP contribution in [0, 0.1) is 0 Å². The number of rotatable bonds is 7. The molecule has 0 atom stereocenters. The number of sulfonamides is 1.